The maximum Gasteiger partial charge on any atom is 0.390 e. The quantitative estimate of drug-likeness (QED) is 0.605. The van der Waals surface area contributed by atoms with Crippen LogP contribution < -0.4 is 10.6 Å². The third kappa shape index (κ3) is 5.60. The van der Waals surface area contributed by atoms with Gasteiger partial charge < -0.3 is 10.6 Å². The molecular formula is C12H22F3N3. The maximum absolute atomic E-state index is 12.0. The molecule has 1 saturated carbocycles. The molecule has 6 heteroatoms. The highest BCUT2D eigenvalue weighted by Crippen LogP contribution is 2.36. The molecule has 1 fully saturated rings. The predicted molar refractivity (Wildman–Crippen MR) is 66.6 cm³/mol. The van der Waals surface area contributed by atoms with Crippen LogP contribution in [-0.2, 0) is 0 Å². The van der Waals surface area contributed by atoms with Crippen molar-refractivity contribution in [1.29, 1.82) is 0 Å². The van der Waals surface area contributed by atoms with Crippen molar-refractivity contribution in [2.75, 3.05) is 20.1 Å². The van der Waals surface area contributed by atoms with Gasteiger partial charge in [-0.25, -0.2) is 0 Å². The van der Waals surface area contributed by atoms with Crippen molar-refractivity contribution >= 4 is 5.96 Å². The zero-order valence-corrected chi connectivity index (χ0v) is 11.0. The van der Waals surface area contributed by atoms with Crippen molar-refractivity contribution in [3.63, 3.8) is 0 Å². The first-order valence-corrected chi connectivity index (χ1v) is 6.36. The third-order valence-electron chi connectivity index (χ3n) is 3.42. The summed E-state index contributed by atoms with van der Waals surface area (Å²) in [5.41, 5.74) is 0.252. The first-order chi connectivity index (χ1) is 8.35. The van der Waals surface area contributed by atoms with Gasteiger partial charge in [-0.15, -0.1) is 0 Å². The Hall–Kier alpha value is -0.940. The van der Waals surface area contributed by atoms with Crippen LogP contribution in [0.5, 0.6) is 0 Å². The molecule has 0 radical (unpaired) electrons. The van der Waals surface area contributed by atoms with E-state index < -0.39 is 12.6 Å². The van der Waals surface area contributed by atoms with E-state index in [4.69, 9.17) is 0 Å². The molecule has 2 N–H and O–H groups in total. The van der Waals surface area contributed by atoms with E-state index in [9.17, 15) is 13.2 Å². The zero-order chi connectivity index (χ0) is 13.6. The smallest absolute Gasteiger partial charge is 0.356 e. The lowest BCUT2D eigenvalue weighted by Crippen LogP contribution is -2.43. The second-order valence-corrected chi connectivity index (χ2v) is 5.24. The number of halogens is 3. The lowest BCUT2D eigenvalue weighted by Gasteiger charge is -2.25. The molecule has 1 rings (SSSR count). The lowest BCUT2D eigenvalue weighted by atomic mass is 9.89. The largest absolute Gasteiger partial charge is 0.390 e. The first kappa shape index (κ1) is 15.1. The summed E-state index contributed by atoms with van der Waals surface area (Å²) in [7, 11) is 1.57. The molecule has 3 nitrogen and oxygen atoms in total. The van der Waals surface area contributed by atoms with E-state index in [1.807, 2.05) is 0 Å². The number of alkyl halides is 3. The Kier molecular flexibility index (Phi) is 5.28. The van der Waals surface area contributed by atoms with Crippen LogP contribution in [-0.4, -0.2) is 32.3 Å². The van der Waals surface area contributed by atoms with E-state index in [2.05, 4.69) is 22.5 Å². The highest BCUT2D eigenvalue weighted by atomic mass is 19.4. The number of hydrogen-bond donors (Lipinski definition) is 2. The van der Waals surface area contributed by atoms with Gasteiger partial charge in [-0.05, 0) is 18.3 Å². The van der Waals surface area contributed by atoms with Crippen molar-refractivity contribution in [2.45, 2.75) is 45.2 Å². The molecule has 1 aliphatic carbocycles. The van der Waals surface area contributed by atoms with Gasteiger partial charge in [0.15, 0.2) is 5.96 Å². The second kappa shape index (κ2) is 6.29. The number of nitrogens with zero attached hydrogens (tertiary/aromatic N) is 1. The molecule has 1 aliphatic rings. The Morgan fingerprint density at radius 2 is 1.83 bits per heavy atom. The van der Waals surface area contributed by atoms with Crippen LogP contribution in [0.15, 0.2) is 4.99 Å². The molecule has 106 valence electrons. The minimum absolute atomic E-state index is 0.139. The van der Waals surface area contributed by atoms with E-state index in [0.29, 0.717) is 5.96 Å². The van der Waals surface area contributed by atoms with Crippen molar-refractivity contribution in [1.82, 2.24) is 10.6 Å². The van der Waals surface area contributed by atoms with Gasteiger partial charge in [0.25, 0.3) is 0 Å². The molecule has 0 aromatic rings. The van der Waals surface area contributed by atoms with Crippen LogP contribution in [0.1, 0.15) is 39.0 Å². The van der Waals surface area contributed by atoms with E-state index in [0.717, 1.165) is 6.54 Å². The molecule has 0 saturated heterocycles. The Bertz CT molecular complexity index is 281. The van der Waals surface area contributed by atoms with Gasteiger partial charge in [0.2, 0.25) is 0 Å². The number of aliphatic imine (C=N–C) groups is 1. The Labute approximate surface area is 106 Å². The molecule has 0 spiro atoms. The van der Waals surface area contributed by atoms with Gasteiger partial charge in [-0.3, -0.25) is 4.99 Å². The molecule has 0 aromatic carbocycles. The van der Waals surface area contributed by atoms with Crippen LogP contribution in [0.4, 0.5) is 13.2 Å². The summed E-state index contributed by atoms with van der Waals surface area (Å²) in [6.07, 6.45) is -0.163. The summed E-state index contributed by atoms with van der Waals surface area (Å²) in [4.78, 5) is 3.93. The van der Waals surface area contributed by atoms with Gasteiger partial charge >= 0.3 is 6.18 Å². The van der Waals surface area contributed by atoms with Crippen molar-refractivity contribution < 1.29 is 13.2 Å². The van der Waals surface area contributed by atoms with E-state index in [1.54, 1.807) is 7.05 Å². The zero-order valence-electron chi connectivity index (χ0n) is 11.0. The molecule has 0 amide bonds. The van der Waals surface area contributed by atoms with E-state index in [1.165, 1.54) is 25.7 Å². The van der Waals surface area contributed by atoms with Crippen LogP contribution >= 0.6 is 0 Å². The summed E-state index contributed by atoms with van der Waals surface area (Å²) in [5.74, 6) is 0.451. The van der Waals surface area contributed by atoms with Crippen LogP contribution in [0.25, 0.3) is 0 Å². The average Bonchev–Trinajstić information content (AvgIpc) is 2.69. The minimum Gasteiger partial charge on any atom is -0.356 e. The predicted octanol–water partition coefficient (Wildman–Crippen LogP) is 2.68. The second-order valence-electron chi connectivity index (χ2n) is 5.24. The Morgan fingerprint density at radius 3 is 2.33 bits per heavy atom. The Balaban J connectivity index is 2.26. The third-order valence-corrected chi connectivity index (χ3v) is 3.42. The van der Waals surface area contributed by atoms with E-state index in [-0.39, 0.29) is 12.0 Å². The normalized spacial score (nSPS) is 19.9. The molecule has 0 unspecified atom stereocenters. The summed E-state index contributed by atoms with van der Waals surface area (Å²) in [6, 6.07) is 0. The lowest BCUT2D eigenvalue weighted by molar-refractivity contribution is -0.132. The SMILES string of the molecule is CN=C(NCCC(F)(F)F)NCC1(C)CCCC1. The summed E-state index contributed by atoms with van der Waals surface area (Å²) in [6.45, 7) is 2.83. The maximum atomic E-state index is 12.0. The van der Waals surface area contributed by atoms with Gasteiger partial charge in [0, 0.05) is 20.1 Å². The van der Waals surface area contributed by atoms with Crippen LogP contribution in [0.2, 0.25) is 0 Å². The van der Waals surface area contributed by atoms with Crippen molar-refractivity contribution in [3.8, 4) is 0 Å². The monoisotopic (exact) mass is 265 g/mol. The number of rotatable bonds is 4. The molecule has 0 aliphatic heterocycles. The highest BCUT2D eigenvalue weighted by molar-refractivity contribution is 5.79. The number of nitrogens with one attached hydrogen (secondary N) is 2. The Morgan fingerprint density at radius 1 is 1.22 bits per heavy atom. The van der Waals surface area contributed by atoms with Gasteiger partial charge in [0.05, 0.1) is 6.42 Å². The van der Waals surface area contributed by atoms with Crippen LogP contribution in [0.3, 0.4) is 0 Å². The minimum atomic E-state index is -4.12. The molecular weight excluding hydrogens is 243 g/mol. The van der Waals surface area contributed by atoms with Gasteiger partial charge in [-0.2, -0.15) is 13.2 Å². The molecule has 0 atom stereocenters. The highest BCUT2D eigenvalue weighted by Gasteiger charge is 2.29. The van der Waals surface area contributed by atoms with Gasteiger partial charge in [-0.1, -0.05) is 19.8 Å². The standard InChI is InChI=1S/C12H22F3N3/c1-11(5-3-4-6-11)9-18-10(16-2)17-8-7-12(13,14)15/h3-9H2,1-2H3,(H2,16,17,18). The molecule has 0 bridgehead atoms. The average molecular weight is 265 g/mol. The fourth-order valence-corrected chi connectivity index (χ4v) is 2.25. The summed E-state index contributed by atoms with van der Waals surface area (Å²) < 4.78 is 36.0. The van der Waals surface area contributed by atoms with Gasteiger partial charge in [0.1, 0.15) is 0 Å². The molecule has 18 heavy (non-hydrogen) atoms. The topological polar surface area (TPSA) is 36.4 Å². The fourth-order valence-electron chi connectivity index (χ4n) is 2.25. The summed E-state index contributed by atoms with van der Waals surface area (Å²) >= 11 is 0. The number of guanidine groups is 1. The van der Waals surface area contributed by atoms with E-state index >= 15 is 0 Å². The van der Waals surface area contributed by atoms with Crippen molar-refractivity contribution in [2.24, 2.45) is 10.4 Å². The fraction of sp³-hybridized carbons (Fsp3) is 0.917. The first-order valence-electron chi connectivity index (χ1n) is 6.36. The van der Waals surface area contributed by atoms with Crippen molar-refractivity contribution in [3.05, 3.63) is 0 Å². The molecule has 0 heterocycles. The number of hydrogen-bond acceptors (Lipinski definition) is 1. The van der Waals surface area contributed by atoms with Crippen LogP contribution in [0, 0.1) is 5.41 Å². The molecule has 0 aromatic heterocycles. The summed E-state index contributed by atoms with van der Waals surface area (Å²) in [5, 5.41) is 5.80.